The molecule has 1 saturated carbocycles. The van der Waals surface area contributed by atoms with Gasteiger partial charge < -0.3 is 24.9 Å². The summed E-state index contributed by atoms with van der Waals surface area (Å²) in [5.74, 6) is 0.988. The van der Waals surface area contributed by atoms with Crippen LogP contribution in [0, 0.1) is 5.92 Å². The molecule has 0 radical (unpaired) electrons. The summed E-state index contributed by atoms with van der Waals surface area (Å²) in [6.07, 6.45) is 3.63. The lowest BCUT2D eigenvalue weighted by atomic mass is 9.97. The number of methoxy groups -OCH3 is 1. The molecule has 0 spiro atoms. The number of aliphatic hydroxyl groups excluding tert-OH is 1. The zero-order chi connectivity index (χ0) is 14.6. The molecule has 1 aliphatic carbocycles. The number of hydrogen-bond acceptors (Lipinski definition) is 4. The monoisotopic (exact) mass is 282 g/mol. The van der Waals surface area contributed by atoms with Crippen molar-refractivity contribution < 1.29 is 19.1 Å². The van der Waals surface area contributed by atoms with E-state index in [-0.39, 0.29) is 18.7 Å². The zero-order valence-electron chi connectivity index (χ0n) is 11.9. The highest BCUT2D eigenvalue weighted by Gasteiger charge is 2.42. The predicted octanol–water partition coefficient (Wildman–Crippen LogP) is 1.43. The van der Waals surface area contributed by atoms with Gasteiger partial charge in [0.25, 0.3) is 0 Å². The van der Waals surface area contributed by atoms with Gasteiger partial charge in [-0.2, -0.15) is 0 Å². The van der Waals surface area contributed by atoms with Crippen molar-refractivity contribution in [1.29, 1.82) is 0 Å². The molecule has 6 heteroatoms. The highest BCUT2D eigenvalue weighted by atomic mass is 16.5. The second-order valence-corrected chi connectivity index (χ2v) is 5.47. The van der Waals surface area contributed by atoms with E-state index < -0.39 is 5.54 Å². The van der Waals surface area contributed by atoms with Crippen molar-refractivity contribution in [3.05, 3.63) is 24.2 Å². The Bertz CT molecular complexity index is 430. The van der Waals surface area contributed by atoms with Crippen molar-refractivity contribution in [2.75, 3.05) is 20.3 Å². The van der Waals surface area contributed by atoms with Crippen LogP contribution in [0.3, 0.4) is 0 Å². The standard InChI is InChI=1S/C14H22N2O4/c1-14(9-17,10-5-6-10)16-13(18)15-11(8-19-2)12-4-3-7-20-12/h3-4,7,10-11,17H,5-6,8-9H2,1-2H3,(H2,15,16,18). The van der Waals surface area contributed by atoms with Crippen LogP contribution in [0.15, 0.2) is 22.8 Å². The molecular weight excluding hydrogens is 260 g/mol. The molecule has 6 nitrogen and oxygen atoms in total. The smallest absolute Gasteiger partial charge is 0.315 e. The Balaban J connectivity index is 1.94. The quantitative estimate of drug-likeness (QED) is 0.706. The third kappa shape index (κ3) is 3.52. The molecule has 1 fully saturated rings. The number of hydrogen-bond donors (Lipinski definition) is 3. The second kappa shape index (κ2) is 6.28. The minimum Gasteiger partial charge on any atom is -0.467 e. The average molecular weight is 282 g/mol. The molecule has 1 aliphatic rings. The van der Waals surface area contributed by atoms with Crippen LogP contribution in [-0.2, 0) is 4.74 Å². The maximum absolute atomic E-state index is 12.1. The van der Waals surface area contributed by atoms with Crippen molar-refractivity contribution in [3.63, 3.8) is 0 Å². The number of urea groups is 1. The Kier molecular flexibility index (Phi) is 4.67. The van der Waals surface area contributed by atoms with Crippen LogP contribution in [0.2, 0.25) is 0 Å². The van der Waals surface area contributed by atoms with Gasteiger partial charge >= 0.3 is 6.03 Å². The van der Waals surface area contributed by atoms with Crippen molar-refractivity contribution in [2.24, 2.45) is 5.92 Å². The first-order chi connectivity index (χ1) is 9.59. The van der Waals surface area contributed by atoms with Crippen molar-refractivity contribution in [1.82, 2.24) is 10.6 Å². The molecule has 0 saturated heterocycles. The first kappa shape index (κ1) is 14.9. The number of rotatable bonds is 7. The van der Waals surface area contributed by atoms with Gasteiger partial charge in [0.1, 0.15) is 11.8 Å². The molecule has 2 amide bonds. The fourth-order valence-electron chi connectivity index (χ4n) is 2.30. The highest BCUT2D eigenvalue weighted by Crippen LogP contribution is 2.39. The van der Waals surface area contributed by atoms with Gasteiger partial charge in [0.05, 0.1) is 25.0 Å². The van der Waals surface area contributed by atoms with E-state index in [1.807, 2.05) is 6.92 Å². The minimum atomic E-state index is -0.565. The number of carbonyl (C=O) groups is 1. The van der Waals surface area contributed by atoms with Crippen LogP contribution in [0.1, 0.15) is 31.6 Å². The van der Waals surface area contributed by atoms with Crippen LogP contribution in [0.25, 0.3) is 0 Å². The van der Waals surface area contributed by atoms with Crippen molar-refractivity contribution >= 4 is 6.03 Å². The van der Waals surface area contributed by atoms with Gasteiger partial charge in [0.15, 0.2) is 0 Å². The third-order valence-electron chi connectivity index (χ3n) is 3.73. The highest BCUT2D eigenvalue weighted by molar-refractivity contribution is 5.75. The SMILES string of the molecule is COCC(NC(=O)NC(C)(CO)C1CC1)c1ccco1. The molecule has 2 unspecified atom stereocenters. The van der Waals surface area contributed by atoms with Gasteiger partial charge in [-0.3, -0.25) is 0 Å². The molecule has 1 heterocycles. The number of furan rings is 1. The molecule has 1 aromatic rings. The van der Waals surface area contributed by atoms with E-state index in [1.54, 1.807) is 25.5 Å². The molecular formula is C14H22N2O4. The molecule has 0 aliphatic heterocycles. The molecule has 20 heavy (non-hydrogen) atoms. The average Bonchev–Trinajstić information content (AvgIpc) is 3.14. The lowest BCUT2D eigenvalue weighted by molar-refractivity contribution is 0.140. The summed E-state index contributed by atoms with van der Waals surface area (Å²) in [6.45, 7) is 2.11. The number of ether oxygens (including phenoxy) is 1. The Morgan fingerprint density at radius 1 is 1.65 bits per heavy atom. The van der Waals surface area contributed by atoms with E-state index in [0.717, 1.165) is 12.8 Å². The fraction of sp³-hybridized carbons (Fsp3) is 0.643. The summed E-state index contributed by atoms with van der Waals surface area (Å²) in [5.41, 5.74) is -0.565. The summed E-state index contributed by atoms with van der Waals surface area (Å²) in [5, 5.41) is 15.2. The predicted molar refractivity (Wildman–Crippen MR) is 73.2 cm³/mol. The second-order valence-electron chi connectivity index (χ2n) is 5.47. The largest absolute Gasteiger partial charge is 0.467 e. The first-order valence-corrected chi connectivity index (χ1v) is 6.81. The Labute approximate surface area is 118 Å². The number of amides is 2. The zero-order valence-corrected chi connectivity index (χ0v) is 11.9. The lowest BCUT2D eigenvalue weighted by Gasteiger charge is -2.29. The maximum Gasteiger partial charge on any atom is 0.315 e. The third-order valence-corrected chi connectivity index (χ3v) is 3.73. The van der Waals surface area contributed by atoms with E-state index in [1.165, 1.54) is 0 Å². The van der Waals surface area contributed by atoms with E-state index in [4.69, 9.17) is 9.15 Å². The molecule has 0 aromatic carbocycles. The maximum atomic E-state index is 12.1. The Morgan fingerprint density at radius 2 is 2.40 bits per heavy atom. The van der Waals surface area contributed by atoms with Gasteiger partial charge in [-0.15, -0.1) is 0 Å². The van der Waals surface area contributed by atoms with Crippen LogP contribution in [0.5, 0.6) is 0 Å². The fourth-order valence-corrected chi connectivity index (χ4v) is 2.30. The normalized spacial score (nSPS) is 19.1. The molecule has 1 aromatic heterocycles. The van der Waals surface area contributed by atoms with Crippen LogP contribution < -0.4 is 10.6 Å². The Hall–Kier alpha value is -1.53. The van der Waals surface area contributed by atoms with E-state index >= 15 is 0 Å². The summed E-state index contributed by atoms with van der Waals surface area (Å²) >= 11 is 0. The van der Waals surface area contributed by atoms with Crippen molar-refractivity contribution in [2.45, 2.75) is 31.3 Å². The summed E-state index contributed by atoms with van der Waals surface area (Å²) in [4.78, 5) is 12.1. The summed E-state index contributed by atoms with van der Waals surface area (Å²) < 4.78 is 10.4. The van der Waals surface area contributed by atoms with Gasteiger partial charge in [0, 0.05) is 7.11 Å². The molecule has 3 N–H and O–H groups in total. The van der Waals surface area contributed by atoms with E-state index in [9.17, 15) is 9.90 Å². The van der Waals surface area contributed by atoms with Gasteiger partial charge in [-0.25, -0.2) is 4.79 Å². The molecule has 0 bridgehead atoms. The van der Waals surface area contributed by atoms with Crippen LogP contribution >= 0.6 is 0 Å². The van der Waals surface area contributed by atoms with Gasteiger partial charge in [-0.05, 0) is 37.8 Å². The molecule has 2 atom stereocenters. The van der Waals surface area contributed by atoms with Gasteiger partial charge in [-0.1, -0.05) is 0 Å². The number of carbonyl (C=O) groups excluding carboxylic acids is 1. The molecule has 112 valence electrons. The van der Waals surface area contributed by atoms with Gasteiger partial charge in [0.2, 0.25) is 0 Å². The van der Waals surface area contributed by atoms with E-state index in [2.05, 4.69) is 10.6 Å². The lowest BCUT2D eigenvalue weighted by Crippen LogP contribution is -2.54. The Morgan fingerprint density at radius 3 is 2.90 bits per heavy atom. The summed E-state index contributed by atoms with van der Waals surface area (Å²) in [6, 6.07) is 2.87. The number of aliphatic hydroxyl groups is 1. The topological polar surface area (TPSA) is 83.7 Å². The minimum absolute atomic E-state index is 0.0687. The van der Waals surface area contributed by atoms with Crippen LogP contribution in [0.4, 0.5) is 4.79 Å². The van der Waals surface area contributed by atoms with E-state index in [0.29, 0.717) is 18.3 Å². The number of nitrogens with one attached hydrogen (secondary N) is 2. The van der Waals surface area contributed by atoms with Crippen LogP contribution in [-0.4, -0.2) is 37.0 Å². The summed E-state index contributed by atoms with van der Waals surface area (Å²) in [7, 11) is 1.57. The van der Waals surface area contributed by atoms with Crippen molar-refractivity contribution in [3.8, 4) is 0 Å². The molecule has 2 rings (SSSR count). The first-order valence-electron chi connectivity index (χ1n) is 6.81.